The van der Waals surface area contributed by atoms with E-state index in [1.165, 1.54) is 0 Å². The van der Waals surface area contributed by atoms with Crippen LogP contribution in [0.5, 0.6) is 5.75 Å². The zero-order valence-corrected chi connectivity index (χ0v) is 14.9. The van der Waals surface area contributed by atoms with Crippen LogP contribution in [0.25, 0.3) is 22.1 Å². The van der Waals surface area contributed by atoms with Gasteiger partial charge in [-0.05, 0) is 50.1 Å². The minimum atomic E-state index is -0.725. The average molecular weight is 352 g/mol. The quantitative estimate of drug-likeness (QED) is 0.511. The SMILES string of the molecule is CCOC(=O)[C@H](C)Oc1ccc2oc(=O)c(-c3ccccc3)c(C)c2c1. The molecule has 1 atom stereocenters. The molecular weight excluding hydrogens is 332 g/mol. The zero-order chi connectivity index (χ0) is 18.7. The maximum absolute atomic E-state index is 12.4. The Balaban J connectivity index is 2.04. The molecule has 0 amide bonds. The fraction of sp³-hybridized carbons (Fsp3) is 0.238. The molecule has 0 N–H and O–H groups in total. The van der Waals surface area contributed by atoms with E-state index in [2.05, 4.69) is 0 Å². The van der Waals surface area contributed by atoms with Gasteiger partial charge in [0.1, 0.15) is 11.3 Å². The summed E-state index contributed by atoms with van der Waals surface area (Å²) in [5, 5.41) is 0.761. The first-order chi connectivity index (χ1) is 12.5. The number of ether oxygens (including phenoxy) is 2. The number of hydrogen-bond donors (Lipinski definition) is 0. The molecule has 0 radical (unpaired) electrons. The van der Waals surface area contributed by atoms with E-state index in [0.29, 0.717) is 23.5 Å². The first kappa shape index (κ1) is 17.7. The predicted molar refractivity (Wildman–Crippen MR) is 99.4 cm³/mol. The lowest BCUT2D eigenvalue weighted by Crippen LogP contribution is -2.26. The first-order valence-corrected chi connectivity index (χ1v) is 8.47. The Morgan fingerprint density at radius 2 is 1.88 bits per heavy atom. The molecule has 1 aromatic heterocycles. The van der Waals surface area contributed by atoms with Crippen LogP contribution >= 0.6 is 0 Å². The van der Waals surface area contributed by atoms with Crippen molar-refractivity contribution in [3.05, 3.63) is 64.5 Å². The number of fused-ring (bicyclic) bond motifs is 1. The summed E-state index contributed by atoms with van der Waals surface area (Å²) in [6, 6.07) is 14.5. The molecule has 0 unspecified atom stereocenters. The van der Waals surface area contributed by atoms with Crippen molar-refractivity contribution < 1.29 is 18.7 Å². The number of esters is 1. The molecule has 0 spiro atoms. The second-order valence-electron chi connectivity index (χ2n) is 5.93. The van der Waals surface area contributed by atoms with Crippen LogP contribution in [0, 0.1) is 6.92 Å². The summed E-state index contributed by atoms with van der Waals surface area (Å²) in [4.78, 5) is 24.2. The molecule has 5 nitrogen and oxygen atoms in total. The number of carbonyl (C=O) groups excluding carboxylic acids is 1. The molecule has 0 aliphatic carbocycles. The molecule has 0 aliphatic rings. The van der Waals surface area contributed by atoms with Crippen LogP contribution in [0.15, 0.2) is 57.7 Å². The lowest BCUT2D eigenvalue weighted by atomic mass is 9.99. The van der Waals surface area contributed by atoms with Gasteiger partial charge in [-0.2, -0.15) is 0 Å². The van der Waals surface area contributed by atoms with Gasteiger partial charge in [0.25, 0.3) is 0 Å². The number of aryl methyl sites for hydroxylation is 1. The third-order valence-electron chi connectivity index (χ3n) is 4.13. The second-order valence-corrected chi connectivity index (χ2v) is 5.93. The lowest BCUT2D eigenvalue weighted by Gasteiger charge is -2.14. The van der Waals surface area contributed by atoms with E-state index < -0.39 is 12.1 Å². The summed E-state index contributed by atoms with van der Waals surface area (Å²) < 4.78 is 16.1. The Hall–Kier alpha value is -3.08. The molecule has 5 heteroatoms. The maximum atomic E-state index is 12.4. The van der Waals surface area contributed by atoms with Gasteiger partial charge in [-0.25, -0.2) is 9.59 Å². The van der Waals surface area contributed by atoms with Crippen molar-refractivity contribution in [2.45, 2.75) is 26.9 Å². The normalized spacial score (nSPS) is 12.0. The van der Waals surface area contributed by atoms with Crippen LogP contribution in [0.3, 0.4) is 0 Å². The molecule has 134 valence electrons. The van der Waals surface area contributed by atoms with E-state index in [0.717, 1.165) is 16.5 Å². The van der Waals surface area contributed by atoms with Crippen LogP contribution in [0.4, 0.5) is 0 Å². The number of hydrogen-bond acceptors (Lipinski definition) is 5. The molecule has 0 aliphatic heterocycles. The van der Waals surface area contributed by atoms with Crippen molar-refractivity contribution in [1.82, 2.24) is 0 Å². The van der Waals surface area contributed by atoms with Gasteiger partial charge >= 0.3 is 11.6 Å². The van der Waals surface area contributed by atoms with Crippen LogP contribution < -0.4 is 10.4 Å². The molecule has 0 saturated carbocycles. The standard InChI is InChI=1S/C21H20O5/c1-4-24-20(22)14(3)25-16-10-11-18-17(12-16)13(2)19(21(23)26-18)15-8-6-5-7-9-15/h5-12,14H,4H2,1-3H3/t14-/m0/s1. The molecule has 2 aromatic carbocycles. The van der Waals surface area contributed by atoms with Gasteiger partial charge in [0.2, 0.25) is 0 Å². The molecule has 3 aromatic rings. The molecule has 26 heavy (non-hydrogen) atoms. The van der Waals surface area contributed by atoms with Gasteiger partial charge in [-0.1, -0.05) is 30.3 Å². The molecule has 1 heterocycles. The summed E-state index contributed by atoms with van der Waals surface area (Å²) >= 11 is 0. The van der Waals surface area contributed by atoms with Crippen molar-refractivity contribution in [2.75, 3.05) is 6.61 Å². The van der Waals surface area contributed by atoms with Gasteiger partial charge in [-0.15, -0.1) is 0 Å². The highest BCUT2D eigenvalue weighted by Gasteiger charge is 2.17. The summed E-state index contributed by atoms with van der Waals surface area (Å²) in [5.41, 5.74) is 2.22. The van der Waals surface area contributed by atoms with Gasteiger partial charge < -0.3 is 13.9 Å². The van der Waals surface area contributed by atoms with Gasteiger partial charge in [0, 0.05) is 5.39 Å². The summed E-state index contributed by atoms with van der Waals surface area (Å²) in [7, 11) is 0. The molecule has 3 rings (SSSR count). The molecule has 0 bridgehead atoms. The van der Waals surface area contributed by atoms with Crippen molar-refractivity contribution in [3.8, 4) is 16.9 Å². The van der Waals surface area contributed by atoms with Crippen LogP contribution in [-0.4, -0.2) is 18.7 Å². The lowest BCUT2D eigenvalue weighted by molar-refractivity contribution is -0.150. The minimum Gasteiger partial charge on any atom is -0.479 e. The van der Waals surface area contributed by atoms with Crippen molar-refractivity contribution in [1.29, 1.82) is 0 Å². The van der Waals surface area contributed by atoms with Crippen molar-refractivity contribution >= 4 is 16.9 Å². The van der Waals surface area contributed by atoms with E-state index in [1.54, 1.807) is 32.0 Å². The number of benzene rings is 2. The highest BCUT2D eigenvalue weighted by atomic mass is 16.6. The largest absolute Gasteiger partial charge is 0.479 e. The summed E-state index contributed by atoms with van der Waals surface area (Å²) in [5.74, 6) is 0.0860. The van der Waals surface area contributed by atoms with Crippen LogP contribution in [-0.2, 0) is 9.53 Å². The predicted octanol–water partition coefficient (Wildman–Crippen LogP) is 4.10. The third-order valence-corrected chi connectivity index (χ3v) is 4.13. The molecule has 0 saturated heterocycles. The molecule has 0 fully saturated rings. The number of carbonyl (C=O) groups is 1. The van der Waals surface area contributed by atoms with E-state index in [-0.39, 0.29) is 5.63 Å². The summed E-state index contributed by atoms with van der Waals surface area (Å²) in [6.07, 6.45) is -0.725. The Labute approximate surface area is 151 Å². The first-order valence-electron chi connectivity index (χ1n) is 8.47. The maximum Gasteiger partial charge on any atom is 0.347 e. The van der Waals surface area contributed by atoms with E-state index >= 15 is 0 Å². The molecular formula is C21H20O5. The Bertz CT molecular complexity index is 988. The summed E-state index contributed by atoms with van der Waals surface area (Å²) in [6.45, 7) is 5.56. The van der Waals surface area contributed by atoms with Crippen molar-refractivity contribution in [2.24, 2.45) is 0 Å². The monoisotopic (exact) mass is 352 g/mol. The van der Waals surface area contributed by atoms with E-state index in [9.17, 15) is 9.59 Å². The topological polar surface area (TPSA) is 65.7 Å². The van der Waals surface area contributed by atoms with E-state index in [4.69, 9.17) is 13.9 Å². The van der Waals surface area contributed by atoms with Crippen LogP contribution in [0.2, 0.25) is 0 Å². The fourth-order valence-corrected chi connectivity index (χ4v) is 2.85. The highest BCUT2D eigenvalue weighted by Crippen LogP contribution is 2.29. The average Bonchev–Trinajstić information content (AvgIpc) is 2.63. The van der Waals surface area contributed by atoms with Gasteiger partial charge in [0.05, 0.1) is 12.2 Å². The van der Waals surface area contributed by atoms with E-state index in [1.807, 2.05) is 37.3 Å². The number of rotatable bonds is 5. The highest BCUT2D eigenvalue weighted by molar-refractivity contribution is 5.87. The Kier molecular flexibility index (Phi) is 5.07. The zero-order valence-electron chi connectivity index (χ0n) is 14.9. The Morgan fingerprint density at radius 3 is 2.58 bits per heavy atom. The third kappa shape index (κ3) is 3.47. The van der Waals surface area contributed by atoms with Gasteiger partial charge in [-0.3, -0.25) is 0 Å². The smallest absolute Gasteiger partial charge is 0.347 e. The second kappa shape index (κ2) is 7.44. The van der Waals surface area contributed by atoms with Gasteiger partial charge in [0.15, 0.2) is 6.10 Å². The fourth-order valence-electron chi connectivity index (χ4n) is 2.85. The van der Waals surface area contributed by atoms with Crippen LogP contribution in [0.1, 0.15) is 19.4 Å². The van der Waals surface area contributed by atoms with Crippen molar-refractivity contribution in [3.63, 3.8) is 0 Å². The minimum absolute atomic E-state index is 0.301. The Morgan fingerprint density at radius 1 is 1.15 bits per heavy atom.